The van der Waals surface area contributed by atoms with E-state index in [9.17, 15) is 14.4 Å². The van der Waals surface area contributed by atoms with Gasteiger partial charge in [-0.1, -0.05) is 25.0 Å². The van der Waals surface area contributed by atoms with E-state index in [1.165, 1.54) is 31.2 Å². The maximum atomic E-state index is 12.9. The largest absolute Gasteiger partial charge is 0.380 e. The summed E-state index contributed by atoms with van der Waals surface area (Å²) in [6, 6.07) is 6.39. The van der Waals surface area contributed by atoms with Crippen LogP contribution in [0, 0.1) is 5.92 Å². The van der Waals surface area contributed by atoms with Crippen molar-refractivity contribution in [1.82, 2.24) is 15.5 Å². The van der Waals surface area contributed by atoms with Crippen LogP contribution in [0.3, 0.4) is 0 Å². The smallest absolute Gasteiger partial charge is 0.255 e. The van der Waals surface area contributed by atoms with Gasteiger partial charge in [-0.2, -0.15) is 0 Å². The zero-order chi connectivity index (χ0) is 22.7. The molecule has 4 atom stereocenters. The van der Waals surface area contributed by atoms with Crippen LogP contribution in [-0.4, -0.2) is 54.0 Å². The van der Waals surface area contributed by atoms with Gasteiger partial charge >= 0.3 is 0 Å². The van der Waals surface area contributed by atoms with E-state index >= 15 is 0 Å². The topological polar surface area (TPSA) is 87.7 Å². The summed E-state index contributed by atoms with van der Waals surface area (Å²) in [4.78, 5) is 38.3. The van der Waals surface area contributed by atoms with Crippen LogP contribution in [0.1, 0.15) is 73.9 Å². The van der Waals surface area contributed by atoms with Crippen LogP contribution < -0.4 is 10.6 Å². The Kier molecular flexibility index (Phi) is 7.26. The van der Waals surface area contributed by atoms with Gasteiger partial charge in [0.15, 0.2) is 0 Å². The van der Waals surface area contributed by atoms with Gasteiger partial charge < -0.3 is 15.0 Å². The van der Waals surface area contributed by atoms with Gasteiger partial charge in [0.1, 0.15) is 6.04 Å². The molecule has 1 aromatic carbocycles. The molecule has 1 saturated heterocycles. The van der Waals surface area contributed by atoms with E-state index in [0.717, 1.165) is 25.2 Å². The lowest BCUT2D eigenvalue weighted by Crippen LogP contribution is -2.52. The fraction of sp³-hybridized carbons (Fsp3) is 0.640. The molecule has 2 heterocycles. The van der Waals surface area contributed by atoms with Gasteiger partial charge in [-0.25, -0.2) is 0 Å². The van der Waals surface area contributed by atoms with E-state index in [-0.39, 0.29) is 24.1 Å². The first kappa shape index (κ1) is 22.9. The number of nitrogens with one attached hydrogen (secondary N) is 2. The molecule has 32 heavy (non-hydrogen) atoms. The van der Waals surface area contributed by atoms with Crippen molar-refractivity contribution in [1.29, 1.82) is 0 Å². The van der Waals surface area contributed by atoms with Crippen LogP contribution in [0.5, 0.6) is 0 Å². The number of carbonyl (C=O) groups is 3. The number of hydrogen-bond acceptors (Lipinski definition) is 5. The molecule has 7 nitrogen and oxygen atoms in total. The third kappa shape index (κ3) is 5.04. The molecule has 2 unspecified atom stereocenters. The van der Waals surface area contributed by atoms with E-state index in [4.69, 9.17) is 4.74 Å². The van der Waals surface area contributed by atoms with Crippen molar-refractivity contribution in [2.75, 3.05) is 13.2 Å². The highest BCUT2D eigenvalue weighted by molar-refractivity contribution is 6.05. The van der Waals surface area contributed by atoms with Gasteiger partial charge in [-0.3, -0.25) is 19.7 Å². The van der Waals surface area contributed by atoms with Gasteiger partial charge in [0.2, 0.25) is 11.8 Å². The van der Waals surface area contributed by atoms with Crippen LogP contribution >= 0.6 is 0 Å². The second kappa shape index (κ2) is 10.1. The highest BCUT2D eigenvalue weighted by atomic mass is 16.5. The third-order valence-corrected chi connectivity index (χ3v) is 7.07. The fourth-order valence-corrected chi connectivity index (χ4v) is 5.44. The number of carbonyl (C=O) groups excluding carboxylic acids is 3. The van der Waals surface area contributed by atoms with Crippen LogP contribution in [0.2, 0.25) is 0 Å². The minimum atomic E-state index is -0.560. The number of ether oxygens (including phenoxy) is 1. The molecule has 3 aliphatic rings. The fourth-order valence-electron chi connectivity index (χ4n) is 5.44. The Bertz CT molecular complexity index is 871. The molecular weight excluding hydrogens is 406 g/mol. The maximum Gasteiger partial charge on any atom is 0.255 e. The summed E-state index contributed by atoms with van der Waals surface area (Å²) in [5.74, 6) is -0.166. The van der Waals surface area contributed by atoms with Crippen LogP contribution in [-0.2, 0) is 27.3 Å². The third-order valence-electron chi connectivity index (χ3n) is 7.07. The number of benzene rings is 1. The summed E-state index contributed by atoms with van der Waals surface area (Å²) >= 11 is 0. The predicted octanol–water partition coefficient (Wildman–Crippen LogP) is 2.56. The summed E-state index contributed by atoms with van der Waals surface area (Å²) in [5, 5.41) is 6.15. The van der Waals surface area contributed by atoms with E-state index < -0.39 is 6.04 Å². The zero-order valence-corrected chi connectivity index (χ0v) is 19.2. The Morgan fingerprint density at radius 2 is 2.00 bits per heavy atom. The van der Waals surface area contributed by atoms with Crippen molar-refractivity contribution in [3.05, 3.63) is 34.9 Å². The highest BCUT2D eigenvalue weighted by Crippen LogP contribution is 2.31. The number of imide groups is 1. The average molecular weight is 442 g/mol. The molecule has 0 aromatic heterocycles. The molecular formula is C25H35N3O4. The number of hydrogen-bond donors (Lipinski definition) is 2. The number of fused-ring (bicyclic) bond motifs is 1. The molecule has 7 heteroatoms. The Labute approximate surface area is 190 Å². The molecule has 1 aromatic rings. The predicted molar refractivity (Wildman–Crippen MR) is 121 cm³/mol. The Morgan fingerprint density at radius 1 is 1.19 bits per heavy atom. The summed E-state index contributed by atoms with van der Waals surface area (Å²) in [6.07, 6.45) is 6.57. The molecule has 2 fully saturated rings. The minimum Gasteiger partial charge on any atom is -0.380 e. The monoisotopic (exact) mass is 441 g/mol. The van der Waals surface area contributed by atoms with Gasteiger partial charge in [-0.15, -0.1) is 0 Å². The molecule has 2 N–H and O–H groups in total. The lowest BCUT2D eigenvalue weighted by Gasteiger charge is -2.34. The Balaban J connectivity index is 1.42. The van der Waals surface area contributed by atoms with Crippen molar-refractivity contribution in [3.63, 3.8) is 0 Å². The molecule has 0 bridgehead atoms. The van der Waals surface area contributed by atoms with Crippen molar-refractivity contribution < 1.29 is 19.1 Å². The van der Waals surface area contributed by atoms with Gasteiger partial charge in [0.05, 0.1) is 6.61 Å². The van der Waals surface area contributed by atoms with E-state index in [0.29, 0.717) is 36.5 Å². The molecule has 4 rings (SSSR count). The lowest BCUT2D eigenvalue weighted by atomic mass is 9.80. The maximum absolute atomic E-state index is 12.9. The second-order valence-electron chi connectivity index (χ2n) is 9.47. The summed E-state index contributed by atoms with van der Waals surface area (Å²) < 4.78 is 5.58. The van der Waals surface area contributed by atoms with Gasteiger partial charge in [0, 0.05) is 37.2 Å². The summed E-state index contributed by atoms with van der Waals surface area (Å²) in [5.41, 5.74) is 2.92. The van der Waals surface area contributed by atoms with Crippen molar-refractivity contribution in [3.8, 4) is 0 Å². The van der Waals surface area contributed by atoms with Gasteiger partial charge in [0.25, 0.3) is 5.91 Å². The first-order valence-electron chi connectivity index (χ1n) is 12.1. The number of piperidine rings is 1. The van der Waals surface area contributed by atoms with E-state index in [1.807, 2.05) is 13.0 Å². The SMILES string of the molecule is CCOCC(C)N[C@H]1CCCC[C@@H]1Cc1ccc2c(c1)CN(C1CCC(=O)NC1=O)C2=O. The summed E-state index contributed by atoms with van der Waals surface area (Å²) in [6.45, 7) is 6.12. The number of amides is 3. The van der Waals surface area contributed by atoms with Crippen molar-refractivity contribution >= 4 is 17.7 Å². The Morgan fingerprint density at radius 3 is 2.78 bits per heavy atom. The number of rotatable bonds is 8. The van der Waals surface area contributed by atoms with Crippen molar-refractivity contribution in [2.45, 2.75) is 83.5 Å². The molecule has 174 valence electrons. The minimum absolute atomic E-state index is 0.108. The molecule has 1 aliphatic carbocycles. The molecule has 1 saturated carbocycles. The number of nitrogens with zero attached hydrogens (tertiary/aromatic N) is 1. The summed E-state index contributed by atoms with van der Waals surface area (Å²) in [7, 11) is 0. The lowest BCUT2D eigenvalue weighted by molar-refractivity contribution is -0.136. The van der Waals surface area contributed by atoms with E-state index in [1.54, 1.807) is 4.90 Å². The molecule has 2 aliphatic heterocycles. The van der Waals surface area contributed by atoms with Crippen LogP contribution in [0.15, 0.2) is 18.2 Å². The van der Waals surface area contributed by atoms with Crippen LogP contribution in [0.25, 0.3) is 0 Å². The molecule has 0 radical (unpaired) electrons. The Hall–Kier alpha value is -2.25. The first-order chi connectivity index (χ1) is 15.5. The van der Waals surface area contributed by atoms with E-state index in [2.05, 4.69) is 29.7 Å². The quantitative estimate of drug-likeness (QED) is 0.606. The normalized spacial score (nSPS) is 26.8. The van der Waals surface area contributed by atoms with Crippen LogP contribution in [0.4, 0.5) is 0 Å². The zero-order valence-electron chi connectivity index (χ0n) is 19.2. The second-order valence-corrected chi connectivity index (χ2v) is 9.47. The van der Waals surface area contributed by atoms with Gasteiger partial charge in [-0.05, 0) is 62.6 Å². The highest BCUT2D eigenvalue weighted by Gasteiger charge is 2.39. The standard InChI is InChI=1S/C25H35N3O4/c1-3-32-15-16(2)26-21-7-5-4-6-18(21)12-17-8-9-20-19(13-17)14-28(25(20)31)22-10-11-23(29)27-24(22)30/h8-9,13,16,18,21-22,26H,3-7,10-12,14-15H2,1-2H3,(H,27,29,30)/t16?,18-,21+,22?/m1/s1. The molecule has 0 spiro atoms. The molecule has 3 amide bonds. The first-order valence-corrected chi connectivity index (χ1v) is 12.1. The van der Waals surface area contributed by atoms with Crippen molar-refractivity contribution in [2.24, 2.45) is 5.92 Å². The average Bonchev–Trinajstić information content (AvgIpc) is 3.09.